The van der Waals surface area contributed by atoms with Crippen LogP contribution in [0.1, 0.15) is 47.2 Å². The number of allylic oxidation sites excluding steroid dienone is 4. The molecule has 1 unspecified atom stereocenters. The smallest absolute Gasteiger partial charge is 0.344 e. The number of hydrogen-bond donors (Lipinski definition) is 0. The average molecular weight is 1080 g/mol. The Labute approximate surface area is 482 Å². The molecule has 396 valence electrons. The molecule has 3 aliphatic carbocycles. The van der Waals surface area contributed by atoms with Gasteiger partial charge in [-0.15, -0.1) is 0 Å². The van der Waals surface area contributed by atoms with Gasteiger partial charge in [0.1, 0.15) is 11.2 Å². The fraction of sp³-hybridized carbons (Fsp3) is 0.0513. The molecule has 4 aromatic heterocycles. The maximum atomic E-state index is 13.1. The molecule has 4 heterocycles. The lowest BCUT2D eigenvalue weighted by Crippen LogP contribution is -2.25. The van der Waals surface area contributed by atoms with Crippen LogP contribution in [0.5, 0.6) is 0 Å². The Balaban J connectivity index is 0.000000136. The topological polar surface area (TPSA) is 70.3 Å². The molecule has 1 spiro atoms. The lowest BCUT2D eigenvalue weighted by atomic mass is 9.70. The summed E-state index contributed by atoms with van der Waals surface area (Å²) in [6, 6.07) is 80.4. The summed E-state index contributed by atoms with van der Waals surface area (Å²) in [5.74, 6) is 0. The van der Waals surface area contributed by atoms with E-state index in [9.17, 15) is 9.59 Å². The maximum Gasteiger partial charge on any atom is 0.344 e. The SMILES string of the molecule is C=C/C=C1\C(=C)c2ccccc2C12c1ccccc1-c1c2ccc2c3ccccc3n(-c3ccc4c(=O)oc5ccccc5c4c3)c12.CC1(C)c2ccccc2-c2ccc3c4ccccc4n(-c4ccc5c(=O)oc6ccccc6c5c4)c3c21. The van der Waals surface area contributed by atoms with E-state index in [2.05, 4.69) is 200 Å². The van der Waals surface area contributed by atoms with E-state index < -0.39 is 5.41 Å². The van der Waals surface area contributed by atoms with Crippen LogP contribution in [0.4, 0.5) is 0 Å². The average Bonchev–Trinajstić information content (AvgIpc) is 1.62. The number of benzene rings is 11. The van der Waals surface area contributed by atoms with Gasteiger partial charge in [-0.2, -0.15) is 0 Å². The van der Waals surface area contributed by atoms with Crippen LogP contribution in [0, 0.1) is 0 Å². The van der Waals surface area contributed by atoms with E-state index in [1.54, 1.807) is 0 Å². The molecule has 6 nitrogen and oxygen atoms in total. The van der Waals surface area contributed by atoms with Crippen LogP contribution in [-0.2, 0) is 10.8 Å². The molecule has 0 radical (unpaired) electrons. The number of hydrogen-bond acceptors (Lipinski definition) is 4. The summed E-state index contributed by atoms with van der Waals surface area (Å²) in [5, 5.41) is 9.65. The van der Waals surface area contributed by atoms with Gasteiger partial charge in [-0.1, -0.05) is 209 Å². The van der Waals surface area contributed by atoms with Crippen LogP contribution in [0.15, 0.2) is 280 Å². The highest BCUT2D eigenvalue weighted by atomic mass is 16.4. The molecular formula is C78H50N2O4. The molecular weight excluding hydrogens is 1030 g/mol. The number of para-hydroxylation sites is 4. The molecule has 0 aliphatic heterocycles. The Kier molecular flexibility index (Phi) is 9.90. The van der Waals surface area contributed by atoms with Gasteiger partial charge in [0.2, 0.25) is 0 Å². The first-order chi connectivity index (χ1) is 41.2. The van der Waals surface area contributed by atoms with Crippen LogP contribution >= 0.6 is 0 Å². The molecule has 0 N–H and O–H groups in total. The van der Waals surface area contributed by atoms with Crippen molar-refractivity contribution >= 4 is 92.7 Å². The van der Waals surface area contributed by atoms with Crippen LogP contribution < -0.4 is 11.3 Å². The largest absolute Gasteiger partial charge is 0.422 e. The fourth-order valence-electron chi connectivity index (χ4n) is 15.2. The zero-order valence-corrected chi connectivity index (χ0v) is 46.0. The predicted octanol–water partition coefficient (Wildman–Crippen LogP) is 18.8. The van der Waals surface area contributed by atoms with Crippen LogP contribution in [0.3, 0.4) is 0 Å². The molecule has 6 heteroatoms. The summed E-state index contributed by atoms with van der Waals surface area (Å²) in [4.78, 5) is 25.9. The molecule has 3 aliphatic rings. The fourth-order valence-corrected chi connectivity index (χ4v) is 15.2. The van der Waals surface area contributed by atoms with E-state index in [0.717, 1.165) is 60.6 Å². The summed E-state index contributed by atoms with van der Waals surface area (Å²) < 4.78 is 16.1. The van der Waals surface area contributed by atoms with Crippen LogP contribution in [0.25, 0.3) is 126 Å². The monoisotopic (exact) mass is 1080 g/mol. The normalized spacial score (nSPS) is 15.8. The molecule has 18 rings (SSSR count). The summed E-state index contributed by atoms with van der Waals surface area (Å²) in [6.07, 6.45) is 4.04. The summed E-state index contributed by atoms with van der Waals surface area (Å²) in [5.41, 5.74) is 21.4. The minimum Gasteiger partial charge on any atom is -0.422 e. The Morgan fingerprint density at radius 1 is 0.405 bits per heavy atom. The summed E-state index contributed by atoms with van der Waals surface area (Å²) in [7, 11) is 0. The minimum atomic E-state index is -0.526. The third-order valence-corrected chi connectivity index (χ3v) is 18.6. The lowest BCUT2D eigenvalue weighted by Gasteiger charge is -2.30. The Bertz CT molecular complexity index is 5640. The Hall–Kier alpha value is -10.8. The second-order valence-corrected chi connectivity index (χ2v) is 23.0. The summed E-state index contributed by atoms with van der Waals surface area (Å²) in [6.45, 7) is 13.4. The molecule has 84 heavy (non-hydrogen) atoms. The predicted molar refractivity (Wildman–Crippen MR) is 345 cm³/mol. The molecule has 0 amide bonds. The van der Waals surface area contributed by atoms with Gasteiger partial charge in [-0.05, 0) is 122 Å². The molecule has 0 saturated carbocycles. The van der Waals surface area contributed by atoms with Gasteiger partial charge in [0.05, 0.1) is 38.3 Å². The molecule has 0 bridgehead atoms. The van der Waals surface area contributed by atoms with Crippen LogP contribution in [-0.4, -0.2) is 9.13 Å². The first-order valence-electron chi connectivity index (χ1n) is 28.5. The number of nitrogens with zero attached hydrogens (tertiary/aromatic N) is 2. The van der Waals surface area contributed by atoms with E-state index in [-0.39, 0.29) is 16.7 Å². The number of fused-ring (bicyclic) bond motifs is 24. The first kappa shape index (κ1) is 47.9. The Morgan fingerprint density at radius 3 is 1.48 bits per heavy atom. The Morgan fingerprint density at radius 2 is 0.869 bits per heavy atom. The molecule has 0 saturated heterocycles. The van der Waals surface area contributed by atoms with Gasteiger partial charge >= 0.3 is 11.3 Å². The van der Waals surface area contributed by atoms with E-state index in [0.29, 0.717) is 21.9 Å². The van der Waals surface area contributed by atoms with Gasteiger partial charge in [0.15, 0.2) is 0 Å². The molecule has 15 aromatic rings. The number of rotatable bonds is 3. The maximum absolute atomic E-state index is 13.1. The number of aromatic nitrogens is 2. The highest BCUT2D eigenvalue weighted by Crippen LogP contribution is 2.65. The van der Waals surface area contributed by atoms with Crippen molar-refractivity contribution in [2.75, 3.05) is 0 Å². The summed E-state index contributed by atoms with van der Waals surface area (Å²) >= 11 is 0. The zero-order chi connectivity index (χ0) is 56.3. The third-order valence-electron chi connectivity index (χ3n) is 18.6. The van der Waals surface area contributed by atoms with E-state index in [1.807, 2.05) is 78.9 Å². The molecule has 1 atom stereocenters. The van der Waals surface area contributed by atoms with Gasteiger partial charge in [0.25, 0.3) is 0 Å². The van der Waals surface area contributed by atoms with E-state index in [4.69, 9.17) is 8.83 Å². The van der Waals surface area contributed by atoms with Crippen molar-refractivity contribution in [3.05, 3.63) is 316 Å². The van der Waals surface area contributed by atoms with Crippen molar-refractivity contribution in [1.29, 1.82) is 0 Å². The minimum absolute atomic E-state index is 0.151. The van der Waals surface area contributed by atoms with Crippen molar-refractivity contribution in [2.45, 2.75) is 24.7 Å². The van der Waals surface area contributed by atoms with Crippen molar-refractivity contribution in [1.82, 2.24) is 9.13 Å². The van der Waals surface area contributed by atoms with Crippen molar-refractivity contribution in [3.63, 3.8) is 0 Å². The molecule has 0 fully saturated rings. The highest BCUT2D eigenvalue weighted by molar-refractivity contribution is 6.18. The van der Waals surface area contributed by atoms with Gasteiger partial charge in [-0.25, -0.2) is 9.59 Å². The van der Waals surface area contributed by atoms with Gasteiger partial charge in [-0.3, -0.25) is 0 Å². The highest BCUT2D eigenvalue weighted by Gasteiger charge is 2.53. The van der Waals surface area contributed by atoms with Gasteiger partial charge in [0, 0.05) is 65.4 Å². The van der Waals surface area contributed by atoms with Crippen molar-refractivity contribution in [3.8, 4) is 33.6 Å². The van der Waals surface area contributed by atoms with E-state index in [1.165, 1.54) is 82.7 Å². The third kappa shape index (κ3) is 6.23. The standard InChI is InChI=1S/C44H27NO2.C34H23NO2/c1-3-12-35-26(2)28-13-4-8-17-36(28)44(35)37-18-9-5-16-33(37)41-38(44)24-23-31-29-14-6-10-19-39(29)45(42(31)41)27-21-22-32-34(25-27)30-15-7-11-20-40(30)47-43(32)46;1-34(2)28-12-6-3-9-21(28)24-17-18-25-22-10-4-7-13-29(22)35(32(25)31(24)34)20-15-16-26-27(19-20)23-11-5-8-14-30(23)37-33(26)36/h3-25H,1-2H2;3-19H,1-2H3/b35-12+;. The quantitative estimate of drug-likeness (QED) is 0.131. The lowest BCUT2D eigenvalue weighted by molar-refractivity contribution is 0.569. The van der Waals surface area contributed by atoms with Crippen LogP contribution in [0.2, 0.25) is 0 Å². The van der Waals surface area contributed by atoms with Crippen molar-refractivity contribution in [2.24, 2.45) is 0 Å². The van der Waals surface area contributed by atoms with E-state index >= 15 is 0 Å². The zero-order valence-electron chi connectivity index (χ0n) is 46.0. The van der Waals surface area contributed by atoms with Crippen molar-refractivity contribution < 1.29 is 8.83 Å². The first-order valence-corrected chi connectivity index (χ1v) is 28.5. The molecule has 11 aromatic carbocycles. The second-order valence-electron chi connectivity index (χ2n) is 23.0. The van der Waals surface area contributed by atoms with Gasteiger partial charge < -0.3 is 18.0 Å². The second kappa shape index (κ2) is 17.4.